The Balaban J connectivity index is 2.23. The number of hydrogen-bond acceptors (Lipinski definition) is 1. The highest BCUT2D eigenvalue weighted by Crippen LogP contribution is 2.29. The summed E-state index contributed by atoms with van der Waals surface area (Å²) in [7, 11) is 0. The van der Waals surface area contributed by atoms with Gasteiger partial charge in [0.1, 0.15) is 0 Å². The fraction of sp³-hybridized carbons (Fsp3) is 0.263. The van der Waals surface area contributed by atoms with Crippen molar-refractivity contribution in [1.82, 2.24) is 4.90 Å². The maximum Gasteiger partial charge on any atom is 0.0239 e. The van der Waals surface area contributed by atoms with Crippen LogP contribution in [0.4, 0.5) is 0 Å². The van der Waals surface area contributed by atoms with E-state index in [-0.39, 0.29) is 0 Å². The molecule has 0 N–H and O–H groups in total. The van der Waals surface area contributed by atoms with Crippen molar-refractivity contribution in [1.29, 1.82) is 0 Å². The molecule has 1 nitrogen and oxygen atoms in total. The third-order valence-corrected chi connectivity index (χ3v) is 4.14. The van der Waals surface area contributed by atoms with Crippen LogP contribution in [0.2, 0.25) is 0 Å². The summed E-state index contributed by atoms with van der Waals surface area (Å²) in [5.41, 5.74) is 1.43. The molecule has 3 aromatic carbocycles. The first-order chi connectivity index (χ1) is 9.83. The van der Waals surface area contributed by atoms with Gasteiger partial charge < -0.3 is 0 Å². The summed E-state index contributed by atoms with van der Waals surface area (Å²) in [6.07, 6.45) is 0. The molecule has 0 saturated carbocycles. The molecule has 3 aromatic rings. The van der Waals surface area contributed by atoms with Crippen molar-refractivity contribution in [2.45, 2.75) is 20.4 Å². The van der Waals surface area contributed by atoms with Crippen molar-refractivity contribution < 1.29 is 0 Å². The summed E-state index contributed by atoms with van der Waals surface area (Å²) in [5.74, 6) is 0. The molecule has 102 valence electrons. The second-order valence-corrected chi connectivity index (χ2v) is 5.26. The molecule has 1 heteroatoms. The molecule has 0 aliphatic heterocycles. The molecule has 20 heavy (non-hydrogen) atoms. The van der Waals surface area contributed by atoms with Gasteiger partial charge in [-0.3, -0.25) is 4.90 Å². The van der Waals surface area contributed by atoms with Gasteiger partial charge in [-0.2, -0.15) is 0 Å². The van der Waals surface area contributed by atoms with Crippen LogP contribution in [-0.4, -0.2) is 18.0 Å². The van der Waals surface area contributed by atoms with E-state index in [4.69, 9.17) is 0 Å². The number of hydrogen-bond donors (Lipinski definition) is 0. The standard InChI is InChI=1S/C19H21N/c1-3-20(4-2)14-17-10-7-9-16-13-12-15-8-5-6-11-18(15)19(16)17/h5-13H,3-4,14H2,1-2H3. The molecular weight excluding hydrogens is 242 g/mol. The number of nitrogens with zero attached hydrogens (tertiary/aromatic N) is 1. The molecular formula is C19H21N. The maximum atomic E-state index is 2.47. The van der Waals surface area contributed by atoms with Gasteiger partial charge in [-0.15, -0.1) is 0 Å². The third kappa shape index (κ3) is 2.30. The molecule has 0 amide bonds. The Bertz CT molecular complexity index is 726. The predicted molar refractivity (Wildman–Crippen MR) is 88.1 cm³/mol. The number of rotatable bonds is 4. The van der Waals surface area contributed by atoms with Gasteiger partial charge in [-0.25, -0.2) is 0 Å². The van der Waals surface area contributed by atoms with E-state index in [0.29, 0.717) is 0 Å². The molecule has 0 fully saturated rings. The van der Waals surface area contributed by atoms with Crippen LogP contribution < -0.4 is 0 Å². The van der Waals surface area contributed by atoms with Gasteiger partial charge in [0.2, 0.25) is 0 Å². The van der Waals surface area contributed by atoms with E-state index in [1.54, 1.807) is 0 Å². The predicted octanol–water partition coefficient (Wildman–Crippen LogP) is 4.83. The second kappa shape index (κ2) is 5.64. The summed E-state index contributed by atoms with van der Waals surface area (Å²) >= 11 is 0. The van der Waals surface area contributed by atoms with Crippen LogP contribution in [0.25, 0.3) is 21.5 Å². The fourth-order valence-electron chi connectivity index (χ4n) is 2.96. The molecule has 0 atom stereocenters. The fourth-order valence-corrected chi connectivity index (χ4v) is 2.96. The Hall–Kier alpha value is -1.86. The van der Waals surface area contributed by atoms with Gasteiger partial charge >= 0.3 is 0 Å². The van der Waals surface area contributed by atoms with Gasteiger partial charge in [-0.1, -0.05) is 68.4 Å². The Morgan fingerprint density at radius 1 is 0.750 bits per heavy atom. The molecule has 3 rings (SSSR count). The van der Waals surface area contributed by atoms with Gasteiger partial charge in [0.25, 0.3) is 0 Å². The van der Waals surface area contributed by atoms with E-state index in [1.807, 2.05) is 0 Å². The van der Waals surface area contributed by atoms with Crippen molar-refractivity contribution in [3.63, 3.8) is 0 Å². The first-order valence-electron chi connectivity index (χ1n) is 7.45. The molecule has 0 bridgehead atoms. The second-order valence-electron chi connectivity index (χ2n) is 5.26. The average molecular weight is 263 g/mol. The molecule has 0 radical (unpaired) electrons. The lowest BCUT2D eigenvalue weighted by molar-refractivity contribution is 0.297. The molecule has 0 saturated heterocycles. The summed E-state index contributed by atoms with van der Waals surface area (Å²) in [4.78, 5) is 2.47. The van der Waals surface area contributed by atoms with Gasteiger partial charge in [0, 0.05) is 6.54 Å². The van der Waals surface area contributed by atoms with E-state index >= 15 is 0 Å². The SMILES string of the molecule is CCN(CC)Cc1cccc2ccc3ccccc3c12. The Morgan fingerprint density at radius 3 is 2.25 bits per heavy atom. The zero-order chi connectivity index (χ0) is 13.9. The lowest BCUT2D eigenvalue weighted by Gasteiger charge is -2.20. The summed E-state index contributed by atoms with van der Waals surface area (Å²) in [6, 6.07) is 19.8. The van der Waals surface area contributed by atoms with E-state index in [0.717, 1.165) is 19.6 Å². The summed E-state index contributed by atoms with van der Waals surface area (Å²) < 4.78 is 0. The van der Waals surface area contributed by atoms with E-state index in [2.05, 4.69) is 73.3 Å². The molecule has 0 aliphatic carbocycles. The van der Waals surface area contributed by atoms with Crippen LogP contribution in [-0.2, 0) is 6.54 Å². The Labute approximate surface area is 120 Å². The largest absolute Gasteiger partial charge is 0.300 e. The monoisotopic (exact) mass is 263 g/mol. The van der Waals surface area contributed by atoms with E-state index < -0.39 is 0 Å². The quantitative estimate of drug-likeness (QED) is 0.609. The zero-order valence-corrected chi connectivity index (χ0v) is 12.3. The minimum atomic E-state index is 1.03. The van der Waals surface area contributed by atoms with Crippen LogP contribution in [0.15, 0.2) is 54.6 Å². The third-order valence-electron chi connectivity index (χ3n) is 4.14. The van der Waals surface area contributed by atoms with Crippen LogP contribution in [0.5, 0.6) is 0 Å². The van der Waals surface area contributed by atoms with E-state index in [1.165, 1.54) is 27.1 Å². The normalized spacial score (nSPS) is 11.6. The highest BCUT2D eigenvalue weighted by atomic mass is 15.1. The van der Waals surface area contributed by atoms with Crippen LogP contribution >= 0.6 is 0 Å². The maximum absolute atomic E-state index is 2.47. The number of benzene rings is 3. The van der Waals surface area contributed by atoms with Crippen LogP contribution in [0.3, 0.4) is 0 Å². The van der Waals surface area contributed by atoms with Gasteiger partial charge in [-0.05, 0) is 40.2 Å². The van der Waals surface area contributed by atoms with E-state index in [9.17, 15) is 0 Å². The molecule has 0 aromatic heterocycles. The Kier molecular flexibility index (Phi) is 3.70. The summed E-state index contributed by atoms with van der Waals surface area (Å²) in [5, 5.41) is 5.45. The lowest BCUT2D eigenvalue weighted by Crippen LogP contribution is -2.22. The van der Waals surface area contributed by atoms with Crippen LogP contribution in [0, 0.1) is 0 Å². The molecule has 0 aliphatic rings. The minimum Gasteiger partial charge on any atom is -0.300 e. The van der Waals surface area contributed by atoms with Crippen molar-refractivity contribution in [3.8, 4) is 0 Å². The molecule has 0 unspecified atom stereocenters. The van der Waals surface area contributed by atoms with Crippen molar-refractivity contribution >= 4 is 21.5 Å². The molecule has 0 heterocycles. The minimum absolute atomic E-state index is 1.03. The number of fused-ring (bicyclic) bond motifs is 3. The highest BCUT2D eigenvalue weighted by molar-refractivity contribution is 6.09. The van der Waals surface area contributed by atoms with Crippen LogP contribution in [0.1, 0.15) is 19.4 Å². The van der Waals surface area contributed by atoms with Crippen molar-refractivity contribution in [2.24, 2.45) is 0 Å². The highest BCUT2D eigenvalue weighted by Gasteiger charge is 2.08. The van der Waals surface area contributed by atoms with Crippen molar-refractivity contribution in [3.05, 3.63) is 60.2 Å². The topological polar surface area (TPSA) is 3.24 Å². The van der Waals surface area contributed by atoms with Gasteiger partial charge in [0.05, 0.1) is 0 Å². The van der Waals surface area contributed by atoms with Crippen molar-refractivity contribution in [2.75, 3.05) is 13.1 Å². The lowest BCUT2D eigenvalue weighted by atomic mass is 9.97. The van der Waals surface area contributed by atoms with Gasteiger partial charge in [0.15, 0.2) is 0 Å². The smallest absolute Gasteiger partial charge is 0.0239 e. The summed E-state index contributed by atoms with van der Waals surface area (Å²) in [6.45, 7) is 7.67. The Morgan fingerprint density at radius 2 is 1.45 bits per heavy atom. The average Bonchev–Trinajstić information content (AvgIpc) is 2.52. The zero-order valence-electron chi connectivity index (χ0n) is 12.3. The molecule has 0 spiro atoms. The first kappa shape index (κ1) is 13.1. The first-order valence-corrected chi connectivity index (χ1v) is 7.45.